The van der Waals surface area contributed by atoms with E-state index >= 15 is 0 Å². The van der Waals surface area contributed by atoms with Gasteiger partial charge >= 0.3 is 0 Å². The predicted molar refractivity (Wildman–Crippen MR) is 89.4 cm³/mol. The summed E-state index contributed by atoms with van der Waals surface area (Å²) < 4.78 is 1.47. The number of nitriles is 1. The van der Waals surface area contributed by atoms with E-state index in [1.165, 1.54) is 16.8 Å². The zero-order valence-electron chi connectivity index (χ0n) is 11.1. The summed E-state index contributed by atoms with van der Waals surface area (Å²) in [4.78, 5) is 11.3. The summed E-state index contributed by atoms with van der Waals surface area (Å²) >= 11 is 11.9. The molecule has 8 heteroatoms. The van der Waals surface area contributed by atoms with Crippen LogP contribution in [0.1, 0.15) is 21.5 Å². The third-order valence-electron chi connectivity index (χ3n) is 2.81. The van der Waals surface area contributed by atoms with Crippen LogP contribution in [0, 0.1) is 16.7 Å². The third kappa shape index (κ3) is 4.10. The molecule has 0 spiro atoms. The minimum absolute atomic E-state index is 0. The van der Waals surface area contributed by atoms with Crippen molar-refractivity contribution in [2.45, 2.75) is 6.54 Å². The molecule has 1 amide bonds. The van der Waals surface area contributed by atoms with Gasteiger partial charge in [-0.3, -0.25) is 10.2 Å². The van der Waals surface area contributed by atoms with Crippen molar-refractivity contribution in [3.05, 3.63) is 62.7 Å². The highest BCUT2D eigenvalue weighted by Gasteiger charge is 2.09. The van der Waals surface area contributed by atoms with Gasteiger partial charge in [0.2, 0.25) is 0 Å². The van der Waals surface area contributed by atoms with Gasteiger partial charge in [0, 0.05) is 17.8 Å². The molecule has 2 rings (SSSR count). The highest BCUT2D eigenvalue weighted by Crippen LogP contribution is 2.16. The van der Waals surface area contributed by atoms with Crippen LogP contribution < -0.4 is 11.2 Å². The fourth-order valence-electron chi connectivity index (χ4n) is 1.93. The maximum Gasteiger partial charge on any atom is 0.252 e. The number of nitrogens with one attached hydrogen (secondary N) is 1. The number of rotatable bonds is 3. The average Bonchev–Trinajstić information content (AvgIpc) is 2.41. The van der Waals surface area contributed by atoms with E-state index in [0.717, 1.165) is 5.56 Å². The van der Waals surface area contributed by atoms with Crippen molar-refractivity contribution < 1.29 is 4.79 Å². The van der Waals surface area contributed by atoms with Gasteiger partial charge in [-0.15, -0.1) is 17.0 Å². The second kappa shape index (κ2) is 7.45. The number of primary amides is 1. The van der Waals surface area contributed by atoms with Crippen molar-refractivity contribution in [1.29, 1.82) is 10.7 Å². The van der Waals surface area contributed by atoms with Crippen molar-refractivity contribution in [3.8, 4) is 6.07 Å². The Hall–Kier alpha value is -1.81. The number of pyridine rings is 1. The van der Waals surface area contributed by atoms with Gasteiger partial charge in [0.25, 0.3) is 5.91 Å². The molecule has 3 N–H and O–H groups in total. The zero-order valence-corrected chi connectivity index (χ0v) is 14.4. The number of hydrogen-bond donors (Lipinski definition) is 2. The molecule has 114 valence electrons. The SMILES string of the molecule is Br.N#Cc1cc(Cl)cc(Cn2cc(Cl)cc(C(N)=O)c2=N)c1. The molecule has 0 aliphatic rings. The van der Waals surface area contributed by atoms with Crippen molar-refractivity contribution >= 4 is 46.1 Å². The molecule has 0 atom stereocenters. The maximum absolute atomic E-state index is 11.3. The van der Waals surface area contributed by atoms with Gasteiger partial charge in [0.1, 0.15) is 5.49 Å². The first-order chi connectivity index (χ1) is 9.90. The Balaban J connectivity index is 0.00000242. The molecule has 1 aromatic heterocycles. The van der Waals surface area contributed by atoms with E-state index in [1.54, 1.807) is 18.2 Å². The van der Waals surface area contributed by atoms with Gasteiger partial charge < -0.3 is 10.3 Å². The lowest BCUT2D eigenvalue weighted by atomic mass is 10.1. The van der Waals surface area contributed by atoms with Crippen molar-refractivity contribution in [2.75, 3.05) is 0 Å². The van der Waals surface area contributed by atoms with Crippen molar-refractivity contribution in [3.63, 3.8) is 0 Å². The smallest absolute Gasteiger partial charge is 0.252 e. The van der Waals surface area contributed by atoms with Crippen LogP contribution >= 0.6 is 40.2 Å². The molecular weight excluding hydrogens is 391 g/mol. The number of benzene rings is 1. The minimum Gasteiger partial charge on any atom is -0.365 e. The number of nitrogens with zero attached hydrogens (tertiary/aromatic N) is 2. The Bertz CT molecular complexity index is 827. The normalized spacial score (nSPS) is 9.68. The number of carbonyl (C=O) groups is 1. The molecule has 0 fully saturated rings. The first kappa shape index (κ1) is 18.2. The molecular formula is C14H11BrCl2N4O. The lowest BCUT2D eigenvalue weighted by Gasteiger charge is -2.10. The topological polar surface area (TPSA) is 95.7 Å². The van der Waals surface area contributed by atoms with E-state index in [2.05, 4.69) is 0 Å². The van der Waals surface area contributed by atoms with E-state index in [1.807, 2.05) is 6.07 Å². The van der Waals surface area contributed by atoms with E-state index < -0.39 is 5.91 Å². The lowest BCUT2D eigenvalue weighted by Crippen LogP contribution is -2.29. The van der Waals surface area contributed by atoms with E-state index in [9.17, 15) is 4.79 Å². The summed E-state index contributed by atoms with van der Waals surface area (Å²) in [5, 5.41) is 17.6. The molecule has 2 aromatic rings. The molecule has 0 unspecified atom stereocenters. The van der Waals surface area contributed by atoms with Gasteiger partial charge in [-0.05, 0) is 29.8 Å². The average molecular weight is 402 g/mol. The Labute approximate surface area is 147 Å². The molecule has 22 heavy (non-hydrogen) atoms. The Morgan fingerprint density at radius 1 is 1.27 bits per heavy atom. The quantitative estimate of drug-likeness (QED) is 0.826. The van der Waals surface area contributed by atoms with Gasteiger partial charge in [0.05, 0.1) is 22.2 Å². The molecule has 0 saturated heterocycles. The van der Waals surface area contributed by atoms with Crippen LogP contribution in [-0.2, 0) is 6.54 Å². The van der Waals surface area contributed by atoms with Crippen molar-refractivity contribution in [2.24, 2.45) is 5.73 Å². The number of nitrogens with two attached hydrogens (primary N) is 1. The molecule has 0 bridgehead atoms. The Morgan fingerprint density at radius 3 is 2.55 bits per heavy atom. The van der Waals surface area contributed by atoms with Crippen LogP contribution in [0.4, 0.5) is 0 Å². The summed E-state index contributed by atoms with van der Waals surface area (Å²) in [5.74, 6) is -0.722. The van der Waals surface area contributed by atoms with Crippen LogP contribution in [0.25, 0.3) is 0 Å². The van der Waals surface area contributed by atoms with Gasteiger partial charge in [0.15, 0.2) is 0 Å². The molecule has 0 aliphatic carbocycles. The fourth-order valence-corrected chi connectivity index (χ4v) is 2.41. The summed E-state index contributed by atoms with van der Waals surface area (Å²) in [6, 6.07) is 8.24. The molecule has 0 saturated carbocycles. The minimum atomic E-state index is -0.722. The third-order valence-corrected chi connectivity index (χ3v) is 3.23. The fraction of sp³-hybridized carbons (Fsp3) is 0.0714. The summed E-state index contributed by atoms with van der Waals surface area (Å²) in [6.07, 6.45) is 1.52. The molecule has 1 aromatic carbocycles. The monoisotopic (exact) mass is 400 g/mol. The maximum atomic E-state index is 11.3. The van der Waals surface area contributed by atoms with Crippen LogP contribution in [-0.4, -0.2) is 10.5 Å². The summed E-state index contributed by atoms with van der Waals surface area (Å²) in [5.41, 5.74) is 6.34. The van der Waals surface area contributed by atoms with Gasteiger partial charge in [-0.2, -0.15) is 5.26 Å². The molecule has 0 aliphatic heterocycles. The zero-order chi connectivity index (χ0) is 15.6. The first-order valence-electron chi connectivity index (χ1n) is 5.84. The second-order valence-corrected chi connectivity index (χ2v) is 5.25. The van der Waals surface area contributed by atoms with Gasteiger partial charge in [-0.1, -0.05) is 23.2 Å². The van der Waals surface area contributed by atoms with E-state index in [4.69, 9.17) is 39.6 Å². The highest BCUT2D eigenvalue weighted by atomic mass is 79.9. The standard InChI is InChI=1S/C14H10Cl2N4O.BrH/c15-10-2-8(5-17)1-9(3-10)6-20-7-11(16)4-12(13(20)18)14(19)21;/h1-4,7,18H,6H2,(H2,19,21);1H. The van der Waals surface area contributed by atoms with Crippen LogP contribution in [0.15, 0.2) is 30.5 Å². The van der Waals surface area contributed by atoms with E-state index in [0.29, 0.717) is 15.6 Å². The van der Waals surface area contributed by atoms with Crippen LogP contribution in [0.5, 0.6) is 0 Å². The molecule has 1 heterocycles. The predicted octanol–water partition coefficient (Wildman–Crippen LogP) is 2.87. The number of carbonyl (C=O) groups excluding carboxylic acids is 1. The number of amides is 1. The molecule has 5 nitrogen and oxygen atoms in total. The highest BCUT2D eigenvalue weighted by molar-refractivity contribution is 8.93. The van der Waals surface area contributed by atoms with Crippen LogP contribution in [0.3, 0.4) is 0 Å². The Kier molecular flexibility index (Phi) is 6.18. The van der Waals surface area contributed by atoms with Crippen molar-refractivity contribution in [1.82, 2.24) is 4.57 Å². The van der Waals surface area contributed by atoms with E-state index in [-0.39, 0.29) is 34.6 Å². The van der Waals surface area contributed by atoms with Crippen LogP contribution in [0.2, 0.25) is 10.0 Å². The largest absolute Gasteiger partial charge is 0.365 e. The Morgan fingerprint density at radius 2 is 1.95 bits per heavy atom. The second-order valence-electron chi connectivity index (χ2n) is 4.37. The lowest BCUT2D eigenvalue weighted by molar-refractivity contribution is 0.0998. The first-order valence-corrected chi connectivity index (χ1v) is 6.60. The number of aromatic nitrogens is 1. The van der Waals surface area contributed by atoms with Gasteiger partial charge in [-0.25, -0.2) is 0 Å². The number of hydrogen-bond acceptors (Lipinski definition) is 3. The number of halogens is 3. The summed E-state index contributed by atoms with van der Waals surface area (Å²) in [6.45, 7) is 0.245. The summed E-state index contributed by atoms with van der Waals surface area (Å²) in [7, 11) is 0. The molecule has 0 radical (unpaired) electrons.